The number of hydrogen-bond acceptors (Lipinski definition) is 4. The normalized spacial score (nSPS) is 10.7. The zero-order valence-corrected chi connectivity index (χ0v) is 44.9. The predicted molar refractivity (Wildman–Crippen MR) is 322 cm³/mol. The summed E-state index contributed by atoms with van der Waals surface area (Å²) in [5.74, 6) is 0. The fourth-order valence-electron chi connectivity index (χ4n) is 9.34. The van der Waals surface area contributed by atoms with E-state index in [0.29, 0.717) is 26.2 Å². The van der Waals surface area contributed by atoms with Crippen LogP contribution in [0.4, 0.5) is 0 Å². The maximum atomic E-state index is 12.7. The summed E-state index contributed by atoms with van der Waals surface area (Å²) in [4.78, 5) is 49.7. The number of aryl methyl sites for hydroxylation is 6. The van der Waals surface area contributed by atoms with Crippen molar-refractivity contribution in [2.24, 2.45) is 0 Å². The number of imidazole rings is 4. The Morgan fingerprint density at radius 2 is 0.461 bits per heavy atom. The molecule has 4 aromatic carbocycles. The van der Waals surface area contributed by atoms with Crippen molar-refractivity contribution in [1.82, 2.24) is 36.5 Å². The van der Waals surface area contributed by atoms with Crippen LogP contribution in [0.25, 0.3) is 44.1 Å². The number of nitrogens with zero attached hydrogens (tertiary/aromatic N) is 8. The fraction of sp³-hybridized carbons (Fsp3) is 0.312. The van der Waals surface area contributed by atoms with Crippen LogP contribution >= 0.6 is 0 Å². The summed E-state index contributed by atoms with van der Waals surface area (Å²) in [6.45, 7) is 35.2. The Bertz CT molecular complexity index is 3230. The monoisotopic (exact) mass is 1020 g/mol. The van der Waals surface area contributed by atoms with Gasteiger partial charge in [0.2, 0.25) is 0 Å². The first-order chi connectivity index (χ1) is 37.2. The minimum absolute atomic E-state index is 0.0130. The third kappa shape index (κ3) is 15.0. The molecule has 76 heavy (non-hydrogen) atoms. The highest BCUT2D eigenvalue weighted by molar-refractivity contribution is 5.78. The lowest BCUT2D eigenvalue weighted by atomic mass is 10.2. The Kier molecular flexibility index (Phi) is 24.4. The number of aromatic nitrogens is 8. The van der Waals surface area contributed by atoms with Gasteiger partial charge in [-0.1, -0.05) is 97.1 Å². The standard InChI is InChI=1S/C19H26N2O.C17H22N2O.C15H18N2O.C13H14N2O/c1-3-5-7-11-15-20-17-13-9-10-14-18(17)21(19(20)22)16-12-8-6-4-2;1-3-5-9-13-18-15-11-7-8-12-16(15)19(17(18)20)14-10-6-4-2;1-3-5-11-16-13-9-7-8-10-14(13)17(15(16)18)12-6-4-2;1-3-9-14-11-7-5-6-8-12(11)15(10-4-2)13(14)16/h3-4,9-10,13-14H,1-2,5-8,11-12,15-16H2;3-4,7-8,11-12H,1-2,5-6,9-10,13-14H2;3-4,7-10H,1-2,5-6,11-12H2;3-8H,1-2,9-10H2. The number of fused-ring (bicyclic) bond motifs is 4. The molecule has 0 unspecified atom stereocenters. The second-order valence-corrected chi connectivity index (χ2v) is 18.4. The van der Waals surface area contributed by atoms with Crippen molar-refractivity contribution < 1.29 is 0 Å². The van der Waals surface area contributed by atoms with Gasteiger partial charge in [0, 0.05) is 52.4 Å². The summed E-state index contributed by atoms with van der Waals surface area (Å²) in [7, 11) is 0. The number of allylic oxidation sites excluding steroid dienone is 8. The molecule has 4 aromatic heterocycles. The van der Waals surface area contributed by atoms with Crippen LogP contribution in [0.1, 0.15) is 77.0 Å². The van der Waals surface area contributed by atoms with E-state index in [9.17, 15) is 19.2 Å². The number of rotatable bonds is 28. The van der Waals surface area contributed by atoms with Crippen molar-refractivity contribution >= 4 is 44.1 Å². The van der Waals surface area contributed by atoms with E-state index in [2.05, 4.69) is 52.6 Å². The van der Waals surface area contributed by atoms with Gasteiger partial charge in [0.05, 0.1) is 44.1 Å². The van der Waals surface area contributed by atoms with Gasteiger partial charge in [-0.15, -0.1) is 52.6 Å². The van der Waals surface area contributed by atoms with Crippen LogP contribution in [-0.2, 0) is 52.4 Å². The van der Waals surface area contributed by atoms with Crippen LogP contribution in [-0.4, -0.2) is 36.5 Å². The van der Waals surface area contributed by atoms with Gasteiger partial charge in [-0.2, -0.15) is 0 Å². The van der Waals surface area contributed by atoms with E-state index in [1.165, 1.54) is 0 Å². The zero-order chi connectivity index (χ0) is 54.7. The maximum absolute atomic E-state index is 12.7. The molecular formula is C64H80N8O4. The minimum Gasteiger partial charge on any atom is -0.292 e. The first kappa shape index (κ1) is 58.8. The van der Waals surface area contributed by atoms with E-state index >= 15 is 0 Å². The maximum Gasteiger partial charge on any atom is 0.329 e. The zero-order valence-electron chi connectivity index (χ0n) is 44.9. The van der Waals surface area contributed by atoms with Crippen molar-refractivity contribution in [3.05, 3.63) is 240 Å². The van der Waals surface area contributed by atoms with Gasteiger partial charge < -0.3 is 0 Å². The van der Waals surface area contributed by atoms with Gasteiger partial charge >= 0.3 is 22.8 Å². The van der Waals surface area contributed by atoms with Crippen LogP contribution in [0.2, 0.25) is 0 Å². The molecule has 0 aliphatic heterocycles. The Morgan fingerprint density at radius 1 is 0.250 bits per heavy atom. The average molecular weight is 1030 g/mol. The molecule has 0 saturated carbocycles. The van der Waals surface area contributed by atoms with Crippen molar-refractivity contribution in [3.8, 4) is 0 Å². The van der Waals surface area contributed by atoms with Crippen LogP contribution in [0.15, 0.2) is 217 Å². The highest BCUT2D eigenvalue weighted by atomic mass is 16.2. The molecule has 12 heteroatoms. The molecule has 0 amide bonds. The van der Waals surface area contributed by atoms with E-state index in [1.54, 1.807) is 21.3 Å². The van der Waals surface area contributed by atoms with Gasteiger partial charge in [0.25, 0.3) is 0 Å². The van der Waals surface area contributed by atoms with Crippen LogP contribution in [0.3, 0.4) is 0 Å². The molecule has 0 atom stereocenters. The molecule has 12 nitrogen and oxygen atoms in total. The number of unbranched alkanes of at least 4 members (excludes halogenated alkanes) is 6. The molecule has 8 rings (SSSR count). The van der Waals surface area contributed by atoms with Crippen molar-refractivity contribution in [3.63, 3.8) is 0 Å². The van der Waals surface area contributed by atoms with Gasteiger partial charge in [-0.3, -0.25) is 36.5 Å². The second-order valence-electron chi connectivity index (χ2n) is 18.4. The molecule has 0 N–H and O–H groups in total. The first-order valence-electron chi connectivity index (χ1n) is 26.8. The average Bonchev–Trinajstić information content (AvgIpc) is 4.08. The SMILES string of the molecule is C=CCCCCn1c(=O)n(CCCCC=C)c2ccccc21.C=CCCCn1c(=O)n(CCCC=C)c2ccccc21.C=CCCn1c(=O)n(CCC=C)c2ccccc21.C=CCn1c(=O)n(CC=C)c2ccccc21. The first-order valence-corrected chi connectivity index (χ1v) is 26.8. The molecule has 0 saturated heterocycles. The molecule has 4 heterocycles. The molecule has 0 bridgehead atoms. The van der Waals surface area contributed by atoms with Crippen LogP contribution in [0.5, 0.6) is 0 Å². The summed E-state index contributed by atoms with van der Waals surface area (Å²) in [5.41, 5.74) is 8.29. The lowest BCUT2D eigenvalue weighted by molar-refractivity contribution is 0.562. The van der Waals surface area contributed by atoms with Crippen LogP contribution in [0, 0.1) is 0 Å². The quantitative estimate of drug-likeness (QED) is 0.0360. The molecule has 0 spiro atoms. The Morgan fingerprint density at radius 3 is 0.711 bits per heavy atom. The second kappa shape index (κ2) is 31.6. The van der Waals surface area contributed by atoms with Crippen molar-refractivity contribution in [2.45, 2.75) is 129 Å². The minimum atomic E-state index is -0.0130. The lowest BCUT2D eigenvalue weighted by Gasteiger charge is -2.02. The topological polar surface area (TPSA) is 108 Å². The molecule has 8 aromatic rings. The molecular weight excluding hydrogens is 945 g/mol. The Balaban J connectivity index is 0.000000188. The Hall–Kier alpha value is -8.12. The number of hydrogen-bond donors (Lipinski definition) is 0. The van der Waals surface area contributed by atoms with E-state index in [1.807, 2.05) is 161 Å². The van der Waals surface area contributed by atoms with E-state index in [0.717, 1.165) is 147 Å². The summed E-state index contributed by atoms with van der Waals surface area (Å²) in [6.07, 6.45) is 26.4. The smallest absolute Gasteiger partial charge is 0.292 e. The van der Waals surface area contributed by atoms with E-state index in [-0.39, 0.29) is 22.8 Å². The van der Waals surface area contributed by atoms with Crippen LogP contribution < -0.4 is 22.8 Å². The Labute approximate surface area is 448 Å². The molecule has 0 radical (unpaired) electrons. The fourth-order valence-corrected chi connectivity index (χ4v) is 9.34. The largest absolute Gasteiger partial charge is 0.329 e. The molecule has 0 fully saturated rings. The highest BCUT2D eigenvalue weighted by Crippen LogP contribution is 2.18. The van der Waals surface area contributed by atoms with E-state index < -0.39 is 0 Å². The summed E-state index contributed by atoms with van der Waals surface area (Å²) in [6, 6.07) is 31.8. The van der Waals surface area contributed by atoms with Gasteiger partial charge in [-0.05, 0) is 126 Å². The van der Waals surface area contributed by atoms with Crippen molar-refractivity contribution in [2.75, 3.05) is 0 Å². The van der Waals surface area contributed by atoms with Crippen molar-refractivity contribution in [1.29, 1.82) is 0 Å². The number of para-hydroxylation sites is 8. The van der Waals surface area contributed by atoms with Gasteiger partial charge in [0.1, 0.15) is 0 Å². The van der Waals surface area contributed by atoms with Gasteiger partial charge in [0.15, 0.2) is 0 Å². The number of benzene rings is 4. The highest BCUT2D eigenvalue weighted by Gasteiger charge is 2.15. The molecule has 400 valence electrons. The third-order valence-corrected chi connectivity index (χ3v) is 13.1. The summed E-state index contributed by atoms with van der Waals surface area (Å²) in [5, 5.41) is 0. The molecule has 0 aliphatic rings. The van der Waals surface area contributed by atoms with E-state index in [4.69, 9.17) is 0 Å². The molecule has 0 aliphatic carbocycles. The summed E-state index contributed by atoms with van der Waals surface area (Å²) < 4.78 is 14.7. The lowest BCUT2D eigenvalue weighted by Crippen LogP contribution is -2.24. The third-order valence-electron chi connectivity index (χ3n) is 13.1. The predicted octanol–water partition coefficient (Wildman–Crippen LogP) is 13.4. The summed E-state index contributed by atoms with van der Waals surface area (Å²) >= 11 is 0. The van der Waals surface area contributed by atoms with Gasteiger partial charge in [-0.25, -0.2) is 19.2 Å².